The van der Waals surface area contributed by atoms with E-state index in [9.17, 15) is 0 Å². The summed E-state index contributed by atoms with van der Waals surface area (Å²) < 4.78 is 5.86. The van der Waals surface area contributed by atoms with Crippen LogP contribution in [-0.2, 0) is 0 Å². The summed E-state index contributed by atoms with van der Waals surface area (Å²) in [5.74, 6) is 5.50. The van der Waals surface area contributed by atoms with Crippen LogP contribution in [0.5, 0.6) is 6.01 Å². The van der Waals surface area contributed by atoms with Gasteiger partial charge in [0.25, 0.3) is 0 Å². The van der Waals surface area contributed by atoms with Gasteiger partial charge in [-0.25, -0.2) is 10.8 Å². The Labute approximate surface area is 116 Å². The molecule has 2 aromatic heterocycles. The molecule has 0 bridgehead atoms. The Balaban J connectivity index is 2.25. The van der Waals surface area contributed by atoms with E-state index in [-0.39, 0.29) is 12.0 Å². The Bertz CT molecular complexity index is 515. The number of nitrogens with zero attached hydrogens (tertiary/aromatic N) is 4. The molecular formula is C9H9BrN6OS. The second-order valence-corrected chi connectivity index (χ2v) is 4.89. The van der Waals surface area contributed by atoms with Crippen molar-refractivity contribution in [2.75, 3.05) is 12.5 Å². The van der Waals surface area contributed by atoms with Crippen LogP contribution in [0.25, 0.3) is 0 Å². The van der Waals surface area contributed by atoms with Gasteiger partial charge in [-0.1, -0.05) is 0 Å². The number of rotatable bonds is 4. The van der Waals surface area contributed by atoms with E-state index < -0.39 is 0 Å². The van der Waals surface area contributed by atoms with Gasteiger partial charge in [-0.2, -0.15) is 15.0 Å². The molecule has 94 valence electrons. The van der Waals surface area contributed by atoms with E-state index in [0.717, 1.165) is 9.50 Å². The Morgan fingerprint density at radius 1 is 1.33 bits per heavy atom. The van der Waals surface area contributed by atoms with Crippen molar-refractivity contribution in [3.63, 3.8) is 0 Å². The predicted octanol–water partition coefficient (Wildman–Crippen LogP) is 1.47. The fraction of sp³-hybridized carbons (Fsp3) is 0.111. The zero-order chi connectivity index (χ0) is 13.0. The Morgan fingerprint density at radius 3 is 2.78 bits per heavy atom. The number of ether oxygens (including phenoxy) is 1. The van der Waals surface area contributed by atoms with E-state index in [4.69, 9.17) is 10.6 Å². The number of nitrogens with one attached hydrogen (secondary N) is 1. The van der Waals surface area contributed by atoms with Gasteiger partial charge in [0, 0.05) is 10.7 Å². The standard InChI is InChI=1S/C9H9BrN6OS/c1-17-8-13-7(16-11)14-9(15-8)18-6-3-2-5(10)4-12-6/h2-4H,11H2,1H3,(H,13,14,15,16). The topological polar surface area (TPSA) is 98.8 Å². The van der Waals surface area contributed by atoms with Crippen LogP contribution in [0.2, 0.25) is 0 Å². The minimum atomic E-state index is 0.192. The van der Waals surface area contributed by atoms with Crippen molar-refractivity contribution < 1.29 is 4.74 Å². The summed E-state index contributed by atoms with van der Waals surface area (Å²) in [6.07, 6.45) is 1.70. The molecule has 0 spiro atoms. The molecule has 0 aliphatic heterocycles. The van der Waals surface area contributed by atoms with Gasteiger partial charge in [-0.3, -0.25) is 5.43 Å². The first kappa shape index (κ1) is 13.0. The van der Waals surface area contributed by atoms with Crippen LogP contribution in [0.4, 0.5) is 5.95 Å². The maximum Gasteiger partial charge on any atom is 0.322 e. The van der Waals surface area contributed by atoms with Crippen LogP contribution in [0, 0.1) is 0 Å². The zero-order valence-electron chi connectivity index (χ0n) is 9.29. The average Bonchev–Trinajstić information content (AvgIpc) is 2.41. The lowest BCUT2D eigenvalue weighted by Gasteiger charge is -2.04. The lowest BCUT2D eigenvalue weighted by molar-refractivity contribution is 0.373. The lowest BCUT2D eigenvalue weighted by Crippen LogP contribution is -2.12. The summed E-state index contributed by atoms with van der Waals surface area (Å²) in [5.41, 5.74) is 2.35. The normalized spacial score (nSPS) is 10.2. The maximum absolute atomic E-state index is 5.27. The van der Waals surface area contributed by atoms with E-state index in [0.29, 0.717) is 5.16 Å². The number of methoxy groups -OCH3 is 1. The highest BCUT2D eigenvalue weighted by atomic mass is 79.9. The van der Waals surface area contributed by atoms with Crippen molar-refractivity contribution in [3.05, 3.63) is 22.8 Å². The highest BCUT2D eigenvalue weighted by Crippen LogP contribution is 2.25. The Kier molecular flexibility index (Phi) is 4.28. The van der Waals surface area contributed by atoms with E-state index >= 15 is 0 Å². The number of nitrogen functional groups attached to an aromatic ring is 1. The molecule has 0 aliphatic carbocycles. The number of anilines is 1. The van der Waals surface area contributed by atoms with E-state index in [1.807, 2.05) is 12.1 Å². The molecule has 0 fully saturated rings. The van der Waals surface area contributed by atoms with Crippen molar-refractivity contribution >= 4 is 33.6 Å². The predicted molar refractivity (Wildman–Crippen MR) is 70.2 cm³/mol. The quantitative estimate of drug-likeness (QED) is 0.643. The summed E-state index contributed by atoms with van der Waals surface area (Å²) >= 11 is 4.60. The minimum absolute atomic E-state index is 0.192. The molecule has 0 atom stereocenters. The molecule has 2 rings (SSSR count). The minimum Gasteiger partial charge on any atom is -0.467 e. The molecular weight excluding hydrogens is 320 g/mol. The van der Waals surface area contributed by atoms with Gasteiger partial charge in [0.05, 0.1) is 7.11 Å². The van der Waals surface area contributed by atoms with E-state index in [1.54, 1.807) is 6.20 Å². The number of nitrogens with two attached hydrogens (primary N) is 1. The van der Waals surface area contributed by atoms with Gasteiger partial charge in [-0.15, -0.1) is 0 Å². The molecule has 0 unspecified atom stereocenters. The number of hydrogen-bond acceptors (Lipinski definition) is 8. The smallest absolute Gasteiger partial charge is 0.322 e. The summed E-state index contributed by atoms with van der Waals surface area (Å²) in [6, 6.07) is 3.92. The van der Waals surface area contributed by atoms with Gasteiger partial charge in [0.1, 0.15) is 5.03 Å². The third-order valence-corrected chi connectivity index (χ3v) is 3.09. The molecule has 0 amide bonds. The van der Waals surface area contributed by atoms with Crippen molar-refractivity contribution in [1.82, 2.24) is 19.9 Å². The van der Waals surface area contributed by atoms with Crippen LogP contribution < -0.4 is 16.0 Å². The summed E-state index contributed by atoms with van der Waals surface area (Å²) in [7, 11) is 1.47. The monoisotopic (exact) mass is 328 g/mol. The Hall–Kier alpha value is -1.45. The van der Waals surface area contributed by atoms with Gasteiger partial charge in [0.15, 0.2) is 0 Å². The molecule has 0 saturated heterocycles. The third kappa shape index (κ3) is 3.28. The fourth-order valence-electron chi connectivity index (χ4n) is 1.06. The molecule has 18 heavy (non-hydrogen) atoms. The Morgan fingerprint density at radius 2 is 2.17 bits per heavy atom. The van der Waals surface area contributed by atoms with Crippen LogP contribution in [0.3, 0.4) is 0 Å². The highest BCUT2D eigenvalue weighted by Gasteiger charge is 2.08. The third-order valence-electron chi connectivity index (χ3n) is 1.80. The van der Waals surface area contributed by atoms with Gasteiger partial charge >= 0.3 is 6.01 Å². The van der Waals surface area contributed by atoms with Crippen molar-refractivity contribution in [3.8, 4) is 6.01 Å². The molecule has 0 aliphatic rings. The second kappa shape index (κ2) is 5.94. The summed E-state index contributed by atoms with van der Waals surface area (Å²) in [5, 5.41) is 1.21. The zero-order valence-corrected chi connectivity index (χ0v) is 11.7. The SMILES string of the molecule is COc1nc(NN)nc(Sc2ccc(Br)cn2)n1. The van der Waals surface area contributed by atoms with Gasteiger partial charge in [0.2, 0.25) is 11.1 Å². The first-order valence-corrected chi connectivity index (χ1v) is 6.38. The first-order chi connectivity index (χ1) is 8.71. The van der Waals surface area contributed by atoms with Crippen molar-refractivity contribution in [2.24, 2.45) is 5.84 Å². The molecule has 0 radical (unpaired) electrons. The molecule has 0 saturated carbocycles. The number of hydrazine groups is 1. The lowest BCUT2D eigenvalue weighted by atomic mass is 10.5. The second-order valence-electron chi connectivity index (χ2n) is 2.99. The number of pyridine rings is 1. The summed E-state index contributed by atoms with van der Waals surface area (Å²) in [6.45, 7) is 0. The number of aromatic nitrogens is 4. The van der Waals surface area contributed by atoms with Gasteiger partial charge in [-0.05, 0) is 39.8 Å². The van der Waals surface area contributed by atoms with Crippen LogP contribution in [0.15, 0.2) is 33.0 Å². The molecule has 3 N–H and O–H groups in total. The van der Waals surface area contributed by atoms with E-state index in [1.165, 1.54) is 18.9 Å². The van der Waals surface area contributed by atoms with Crippen molar-refractivity contribution in [1.29, 1.82) is 0 Å². The number of halogens is 1. The molecule has 2 heterocycles. The van der Waals surface area contributed by atoms with Crippen molar-refractivity contribution in [2.45, 2.75) is 10.2 Å². The molecule has 9 heteroatoms. The van der Waals surface area contributed by atoms with E-state index in [2.05, 4.69) is 41.3 Å². The molecule has 7 nitrogen and oxygen atoms in total. The summed E-state index contributed by atoms with van der Waals surface area (Å²) in [4.78, 5) is 16.3. The van der Waals surface area contributed by atoms with Crippen LogP contribution in [-0.4, -0.2) is 27.0 Å². The fourth-order valence-corrected chi connectivity index (χ4v) is 1.97. The first-order valence-electron chi connectivity index (χ1n) is 4.77. The molecule has 0 aromatic carbocycles. The van der Waals surface area contributed by atoms with Crippen LogP contribution >= 0.6 is 27.7 Å². The highest BCUT2D eigenvalue weighted by molar-refractivity contribution is 9.10. The average molecular weight is 329 g/mol. The number of hydrogen-bond donors (Lipinski definition) is 2. The largest absolute Gasteiger partial charge is 0.467 e. The molecule has 2 aromatic rings. The van der Waals surface area contributed by atoms with Crippen LogP contribution in [0.1, 0.15) is 0 Å². The van der Waals surface area contributed by atoms with Gasteiger partial charge < -0.3 is 4.74 Å². The maximum atomic E-state index is 5.27.